The molecule has 0 heterocycles. The van der Waals surface area contributed by atoms with Gasteiger partial charge in [-0.25, -0.2) is 4.39 Å². The molecule has 0 unspecified atom stereocenters. The van der Waals surface area contributed by atoms with Gasteiger partial charge in [-0.1, -0.05) is 41.4 Å². The van der Waals surface area contributed by atoms with Crippen LogP contribution >= 0.6 is 34.8 Å². The average Bonchev–Trinajstić information content (AvgIpc) is 2.32. The van der Waals surface area contributed by atoms with Crippen LogP contribution in [0.5, 0.6) is 0 Å². The molecule has 0 spiro atoms. The van der Waals surface area contributed by atoms with Crippen LogP contribution in [0.4, 0.5) is 4.39 Å². The lowest BCUT2D eigenvalue weighted by molar-refractivity contribution is 0.630. The molecule has 0 saturated carbocycles. The third-order valence-corrected chi connectivity index (χ3v) is 3.48. The van der Waals surface area contributed by atoms with Crippen LogP contribution < -0.4 is 0 Å². The highest BCUT2D eigenvalue weighted by molar-refractivity contribution is 6.42. The molecule has 2 rings (SSSR count). The Kier molecular flexibility index (Phi) is 3.93. The Balaban J connectivity index is 2.63. The summed E-state index contributed by atoms with van der Waals surface area (Å²) in [5.74, 6) is -0.0746. The maximum Gasteiger partial charge on any atom is 0.131 e. The maximum absolute atomic E-state index is 13.8. The molecule has 0 radical (unpaired) electrons. The van der Waals surface area contributed by atoms with Gasteiger partial charge in [-0.3, -0.25) is 0 Å². The first-order valence-electron chi connectivity index (χ1n) is 4.92. The first kappa shape index (κ1) is 12.7. The molecule has 17 heavy (non-hydrogen) atoms. The van der Waals surface area contributed by atoms with E-state index in [1.165, 1.54) is 6.07 Å². The monoisotopic (exact) mass is 288 g/mol. The van der Waals surface area contributed by atoms with Gasteiger partial charge in [0.1, 0.15) is 5.82 Å². The van der Waals surface area contributed by atoms with Crippen molar-refractivity contribution in [2.75, 3.05) is 0 Å². The SMILES string of the molecule is Fc1cccc(CCl)c1-c1ccc(Cl)c(Cl)c1. The number of hydrogen-bond donors (Lipinski definition) is 0. The fourth-order valence-corrected chi connectivity index (χ4v) is 2.18. The number of benzene rings is 2. The Bertz CT molecular complexity index is 552. The second-order valence-corrected chi connectivity index (χ2v) is 4.62. The molecule has 0 aromatic heterocycles. The predicted octanol–water partition coefficient (Wildman–Crippen LogP) is 5.54. The summed E-state index contributed by atoms with van der Waals surface area (Å²) in [5.41, 5.74) is 1.87. The molecule has 0 nitrogen and oxygen atoms in total. The Morgan fingerprint density at radius 3 is 2.41 bits per heavy atom. The summed E-state index contributed by atoms with van der Waals surface area (Å²) in [6.45, 7) is 0. The van der Waals surface area contributed by atoms with Crippen molar-refractivity contribution in [1.29, 1.82) is 0 Å². The predicted molar refractivity (Wildman–Crippen MR) is 71.4 cm³/mol. The van der Waals surface area contributed by atoms with Gasteiger partial charge < -0.3 is 0 Å². The van der Waals surface area contributed by atoms with Crippen molar-refractivity contribution in [2.45, 2.75) is 5.88 Å². The van der Waals surface area contributed by atoms with Gasteiger partial charge in [0.25, 0.3) is 0 Å². The Labute approximate surface area is 114 Å². The largest absolute Gasteiger partial charge is 0.206 e. The van der Waals surface area contributed by atoms with Gasteiger partial charge in [-0.2, -0.15) is 0 Å². The minimum Gasteiger partial charge on any atom is -0.206 e. The van der Waals surface area contributed by atoms with Crippen LogP contribution in [0.3, 0.4) is 0 Å². The molecule has 4 heteroatoms. The number of alkyl halides is 1. The third kappa shape index (κ3) is 2.57. The standard InChI is InChI=1S/C13H8Cl3F/c14-7-9-2-1-3-12(17)13(9)8-4-5-10(15)11(16)6-8/h1-6H,7H2. The lowest BCUT2D eigenvalue weighted by Gasteiger charge is -2.09. The highest BCUT2D eigenvalue weighted by Crippen LogP contribution is 2.32. The third-order valence-electron chi connectivity index (χ3n) is 2.45. The van der Waals surface area contributed by atoms with Crippen molar-refractivity contribution in [3.8, 4) is 11.1 Å². The van der Waals surface area contributed by atoms with Crippen LogP contribution in [0, 0.1) is 5.82 Å². The Hall–Kier alpha value is -0.760. The second-order valence-electron chi connectivity index (χ2n) is 3.54. The molecule has 0 N–H and O–H groups in total. The summed E-state index contributed by atoms with van der Waals surface area (Å²) in [7, 11) is 0. The molecule has 0 atom stereocenters. The van der Waals surface area contributed by atoms with Crippen molar-refractivity contribution in [3.05, 3.63) is 57.8 Å². The highest BCUT2D eigenvalue weighted by Gasteiger charge is 2.11. The molecule has 0 amide bonds. The Morgan fingerprint density at radius 1 is 1.00 bits per heavy atom. The highest BCUT2D eigenvalue weighted by atomic mass is 35.5. The van der Waals surface area contributed by atoms with Crippen LogP contribution in [0.2, 0.25) is 10.0 Å². The van der Waals surface area contributed by atoms with E-state index in [9.17, 15) is 4.39 Å². The van der Waals surface area contributed by atoms with Gasteiger partial charge in [0.15, 0.2) is 0 Å². The second kappa shape index (κ2) is 5.26. The van der Waals surface area contributed by atoms with Gasteiger partial charge in [-0.05, 0) is 29.3 Å². The minimum absolute atomic E-state index is 0.243. The van der Waals surface area contributed by atoms with E-state index in [0.29, 0.717) is 21.2 Å². The van der Waals surface area contributed by atoms with Gasteiger partial charge in [-0.15, -0.1) is 11.6 Å². The topological polar surface area (TPSA) is 0 Å². The van der Waals surface area contributed by atoms with E-state index < -0.39 is 0 Å². The van der Waals surface area contributed by atoms with E-state index in [4.69, 9.17) is 34.8 Å². The molecule has 2 aromatic rings. The molecule has 0 aliphatic carbocycles. The molecule has 88 valence electrons. The molecule has 0 fully saturated rings. The van der Waals surface area contributed by atoms with Gasteiger partial charge in [0.05, 0.1) is 10.0 Å². The normalized spacial score (nSPS) is 10.6. The van der Waals surface area contributed by atoms with Gasteiger partial charge in [0.2, 0.25) is 0 Å². The lowest BCUT2D eigenvalue weighted by Crippen LogP contribution is -1.91. The summed E-state index contributed by atoms with van der Waals surface area (Å²) in [4.78, 5) is 0. The van der Waals surface area contributed by atoms with Crippen molar-refractivity contribution in [3.63, 3.8) is 0 Å². The first-order valence-corrected chi connectivity index (χ1v) is 6.21. The molecular formula is C13H8Cl3F. The number of halogens is 4. The van der Waals surface area contributed by atoms with E-state index >= 15 is 0 Å². The van der Waals surface area contributed by atoms with E-state index in [-0.39, 0.29) is 11.7 Å². The fourth-order valence-electron chi connectivity index (χ4n) is 1.66. The zero-order chi connectivity index (χ0) is 12.4. The van der Waals surface area contributed by atoms with E-state index in [0.717, 1.165) is 5.56 Å². The average molecular weight is 290 g/mol. The van der Waals surface area contributed by atoms with Crippen LogP contribution in [-0.4, -0.2) is 0 Å². The lowest BCUT2D eigenvalue weighted by atomic mass is 10.00. The van der Waals surface area contributed by atoms with Crippen LogP contribution in [0.15, 0.2) is 36.4 Å². The molecule has 0 saturated heterocycles. The summed E-state index contributed by atoms with van der Waals surface area (Å²) >= 11 is 17.6. The molecular weight excluding hydrogens is 282 g/mol. The zero-order valence-corrected chi connectivity index (χ0v) is 11.0. The molecule has 0 bridgehead atoms. The molecule has 2 aromatic carbocycles. The fraction of sp³-hybridized carbons (Fsp3) is 0.0769. The van der Waals surface area contributed by atoms with Crippen molar-refractivity contribution < 1.29 is 4.39 Å². The van der Waals surface area contributed by atoms with Crippen LogP contribution in [0.1, 0.15) is 5.56 Å². The number of hydrogen-bond acceptors (Lipinski definition) is 0. The zero-order valence-electron chi connectivity index (χ0n) is 8.68. The Morgan fingerprint density at radius 2 is 1.76 bits per heavy atom. The minimum atomic E-state index is -0.318. The summed E-state index contributed by atoms with van der Waals surface area (Å²) in [6.07, 6.45) is 0. The summed E-state index contributed by atoms with van der Waals surface area (Å²) in [5, 5.41) is 0.840. The smallest absolute Gasteiger partial charge is 0.131 e. The number of rotatable bonds is 2. The summed E-state index contributed by atoms with van der Waals surface area (Å²) in [6, 6.07) is 9.82. The van der Waals surface area contributed by atoms with Crippen molar-refractivity contribution in [2.24, 2.45) is 0 Å². The van der Waals surface area contributed by atoms with E-state index in [2.05, 4.69) is 0 Å². The maximum atomic E-state index is 13.8. The van der Waals surface area contributed by atoms with Gasteiger partial charge in [0, 0.05) is 11.4 Å². The summed E-state index contributed by atoms with van der Waals surface area (Å²) < 4.78 is 13.8. The quantitative estimate of drug-likeness (QED) is 0.637. The van der Waals surface area contributed by atoms with Crippen LogP contribution in [0.25, 0.3) is 11.1 Å². The van der Waals surface area contributed by atoms with E-state index in [1.54, 1.807) is 30.3 Å². The first-order chi connectivity index (χ1) is 8.13. The molecule has 0 aliphatic heterocycles. The van der Waals surface area contributed by atoms with Crippen molar-refractivity contribution >= 4 is 34.8 Å². The van der Waals surface area contributed by atoms with Gasteiger partial charge >= 0.3 is 0 Å². The molecule has 0 aliphatic rings. The van der Waals surface area contributed by atoms with Crippen molar-refractivity contribution in [1.82, 2.24) is 0 Å². The van der Waals surface area contributed by atoms with Crippen LogP contribution in [-0.2, 0) is 5.88 Å². The van der Waals surface area contributed by atoms with E-state index in [1.807, 2.05) is 0 Å².